The Labute approximate surface area is 122 Å². The molecule has 2 aliphatic rings. The van der Waals surface area contributed by atoms with E-state index >= 15 is 0 Å². The second-order valence-electron chi connectivity index (χ2n) is 4.71. The van der Waals surface area contributed by atoms with E-state index in [1.54, 1.807) is 0 Å². The van der Waals surface area contributed by atoms with Crippen molar-refractivity contribution in [1.29, 1.82) is 0 Å². The average Bonchev–Trinajstić information content (AvgIpc) is 2.46. The molecule has 0 atom stereocenters. The Balaban J connectivity index is 1.94. The summed E-state index contributed by atoms with van der Waals surface area (Å²) in [5.41, 5.74) is 2.06. The molecule has 0 saturated carbocycles. The van der Waals surface area contributed by atoms with Crippen molar-refractivity contribution < 1.29 is 9.37 Å². The molecule has 1 aromatic carbocycles. The Morgan fingerprint density at radius 2 is 2.05 bits per heavy atom. The Bertz CT molecular complexity index is 669. The number of carbonyl (C=O) groups excluding carboxylic acids is 1. The lowest BCUT2D eigenvalue weighted by Gasteiger charge is -2.19. The van der Waals surface area contributed by atoms with Crippen molar-refractivity contribution in [3.8, 4) is 0 Å². The van der Waals surface area contributed by atoms with E-state index in [1.165, 1.54) is 0 Å². The first-order chi connectivity index (χ1) is 9.75. The topological polar surface area (TPSA) is 32.4 Å². The van der Waals surface area contributed by atoms with Crippen molar-refractivity contribution in [1.82, 2.24) is 0 Å². The number of hydrogen-bond donors (Lipinski definition) is 0. The van der Waals surface area contributed by atoms with Crippen LogP contribution in [0.2, 0.25) is 0 Å². The lowest BCUT2D eigenvalue weighted by molar-refractivity contribution is -0.405. The SMILES string of the molecule is O=C(Cl)C[N+]1=C(c2ccccc2)N=C1C1=CCCC=C1. The number of nitrogens with zero attached hydrogens (tertiary/aromatic N) is 2. The van der Waals surface area contributed by atoms with Gasteiger partial charge in [-0.2, -0.15) is 0 Å². The quantitative estimate of drug-likeness (QED) is 0.618. The molecular formula is C16H14ClN2O+. The smallest absolute Gasteiger partial charge is 0.274 e. The van der Waals surface area contributed by atoms with Crippen LogP contribution in [0.25, 0.3) is 0 Å². The van der Waals surface area contributed by atoms with Crippen molar-refractivity contribution >= 4 is 28.5 Å². The summed E-state index contributed by atoms with van der Waals surface area (Å²) in [7, 11) is 0. The van der Waals surface area contributed by atoms with Gasteiger partial charge < -0.3 is 0 Å². The number of aliphatic imine (C=N–C) groups is 1. The number of carbonyl (C=O) groups is 1. The normalized spacial score (nSPS) is 17.4. The zero-order valence-electron chi connectivity index (χ0n) is 10.9. The molecule has 1 aliphatic heterocycles. The van der Waals surface area contributed by atoms with Gasteiger partial charge in [0.25, 0.3) is 16.9 Å². The number of allylic oxidation sites excluding steroid dienone is 2. The molecule has 0 saturated heterocycles. The molecule has 3 rings (SSSR count). The monoisotopic (exact) mass is 285 g/mol. The molecule has 0 unspecified atom stereocenters. The van der Waals surface area contributed by atoms with E-state index in [1.807, 2.05) is 34.9 Å². The predicted molar refractivity (Wildman–Crippen MR) is 80.4 cm³/mol. The molecule has 0 spiro atoms. The minimum Gasteiger partial charge on any atom is -0.278 e. The minimum atomic E-state index is -0.383. The highest BCUT2D eigenvalue weighted by molar-refractivity contribution is 6.64. The maximum absolute atomic E-state index is 11.3. The molecule has 1 aromatic rings. The third kappa shape index (κ3) is 2.49. The van der Waals surface area contributed by atoms with Gasteiger partial charge in [0.05, 0.1) is 5.56 Å². The Hall–Kier alpha value is -2.00. The second-order valence-corrected chi connectivity index (χ2v) is 5.13. The lowest BCUT2D eigenvalue weighted by atomic mass is 10.0. The number of halogens is 1. The zero-order valence-corrected chi connectivity index (χ0v) is 11.7. The lowest BCUT2D eigenvalue weighted by Crippen LogP contribution is -2.40. The maximum atomic E-state index is 11.3. The molecule has 100 valence electrons. The fourth-order valence-corrected chi connectivity index (χ4v) is 2.48. The van der Waals surface area contributed by atoms with Crippen LogP contribution in [0.15, 0.2) is 59.1 Å². The van der Waals surface area contributed by atoms with Crippen molar-refractivity contribution in [2.75, 3.05) is 6.54 Å². The standard InChI is InChI=1S/C16H14ClN2O/c17-14(20)11-19-15(12-7-3-1-4-8-12)18-16(19)13-9-5-2-6-10-13/h1,3-5,7-10H,2,6,11H2/q+1. The molecular weight excluding hydrogens is 272 g/mol. The number of rotatable bonds is 4. The van der Waals surface area contributed by atoms with Crippen molar-refractivity contribution in [3.05, 3.63) is 59.7 Å². The molecule has 1 aliphatic carbocycles. The highest BCUT2D eigenvalue weighted by Gasteiger charge is 2.33. The van der Waals surface area contributed by atoms with Crippen LogP contribution in [0.4, 0.5) is 0 Å². The van der Waals surface area contributed by atoms with Gasteiger partial charge in [0.1, 0.15) is 6.54 Å². The summed E-state index contributed by atoms with van der Waals surface area (Å²) in [6.45, 7) is 0.149. The van der Waals surface area contributed by atoms with E-state index in [2.05, 4.69) is 23.2 Å². The Morgan fingerprint density at radius 1 is 1.25 bits per heavy atom. The van der Waals surface area contributed by atoms with E-state index in [0.717, 1.165) is 35.6 Å². The summed E-state index contributed by atoms with van der Waals surface area (Å²) in [6, 6.07) is 9.82. The molecule has 0 bridgehead atoms. The Kier molecular flexibility index (Phi) is 3.61. The first kappa shape index (κ1) is 13.0. The van der Waals surface area contributed by atoms with Crippen LogP contribution in [0.5, 0.6) is 0 Å². The minimum absolute atomic E-state index is 0.149. The van der Waals surface area contributed by atoms with Crippen LogP contribution < -0.4 is 0 Å². The van der Waals surface area contributed by atoms with Crippen LogP contribution in [0.3, 0.4) is 0 Å². The van der Waals surface area contributed by atoms with E-state index in [-0.39, 0.29) is 11.8 Å². The van der Waals surface area contributed by atoms with Crippen LogP contribution in [-0.4, -0.2) is 28.0 Å². The molecule has 20 heavy (non-hydrogen) atoms. The van der Waals surface area contributed by atoms with Crippen molar-refractivity contribution in [2.24, 2.45) is 4.99 Å². The van der Waals surface area contributed by atoms with Crippen molar-refractivity contribution in [2.45, 2.75) is 12.8 Å². The maximum Gasteiger partial charge on any atom is 0.274 e. The Morgan fingerprint density at radius 3 is 2.70 bits per heavy atom. The van der Waals surface area contributed by atoms with E-state index < -0.39 is 0 Å². The van der Waals surface area contributed by atoms with E-state index in [4.69, 9.17) is 11.6 Å². The molecule has 0 amide bonds. The van der Waals surface area contributed by atoms with E-state index in [0.29, 0.717) is 0 Å². The number of amidine groups is 2. The van der Waals surface area contributed by atoms with Gasteiger partial charge in [0, 0.05) is 5.57 Å². The molecule has 1 heterocycles. The third-order valence-electron chi connectivity index (χ3n) is 3.29. The molecule has 0 radical (unpaired) electrons. The van der Waals surface area contributed by atoms with Gasteiger partial charge in [-0.05, 0) is 36.6 Å². The summed E-state index contributed by atoms with van der Waals surface area (Å²) >= 11 is 5.56. The zero-order chi connectivity index (χ0) is 13.9. The number of benzene rings is 1. The second kappa shape index (κ2) is 5.55. The van der Waals surface area contributed by atoms with Crippen LogP contribution in [0.1, 0.15) is 18.4 Å². The van der Waals surface area contributed by atoms with Gasteiger partial charge in [-0.25, -0.2) is 4.58 Å². The van der Waals surface area contributed by atoms with Gasteiger partial charge in [-0.1, -0.05) is 41.4 Å². The summed E-state index contributed by atoms with van der Waals surface area (Å²) in [4.78, 5) is 15.8. The molecule has 4 heteroatoms. The molecule has 0 N–H and O–H groups in total. The third-order valence-corrected chi connectivity index (χ3v) is 3.41. The summed E-state index contributed by atoms with van der Waals surface area (Å²) < 4.78 is 1.88. The van der Waals surface area contributed by atoms with Gasteiger partial charge in [-0.15, -0.1) is 0 Å². The largest absolute Gasteiger partial charge is 0.278 e. The number of hydrogen-bond acceptors (Lipinski definition) is 2. The fraction of sp³-hybridized carbons (Fsp3) is 0.188. The first-order valence-electron chi connectivity index (χ1n) is 6.60. The summed E-state index contributed by atoms with van der Waals surface area (Å²) in [5.74, 6) is 1.63. The van der Waals surface area contributed by atoms with Crippen LogP contribution in [0, 0.1) is 0 Å². The highest BCUT2D eigenvalue weighted by atomic mass is 35.5. The molecule has 0 aromatic heterocycles. The molecule has 3 nitrogen and oxygen atoms in total. The summed E-state index contributed by atoms with van der Waals surface area (Å²) in [6.07, 6.45) is 8.38. The van der Waals surface area contributed by atoms with Gasteiger partial charge >= 0.3 is 0 Å². The molecule has 0 fully saturated rings. The highest BCUT2D eigenvalue weighted by Crippen LogP contribution is 2.19. The fourth-order valence-electron chi connectivity index (χ4n) is 2.36. The van der Waals surface area contributed by atoms with Gasteiger partial charge in [-0.3, -0.25) is 4.79 Å². The van der Waals surface area contributed by atoms with Gasteiger partial charge in [0.15, 0.2) is 0 Å². The van der Waals surface area contributed by atoms with Gasteiger partial charge in [0.2, 0.25) is 0 Å². The average molecular weight is 286 g/mol. The van der Waals surface area contributed by atoms with Crippen molar-refractivity contribution in [3.63, 3.8) is 0 Å². The first-order valence-corrected chi connectivity index (χ1v) is 6.97. The van der Waals surface area contributed by atoms with Crippen LogP contribution in [-0.2, 0) is 4.79 Å². The summed E-state index contributed by atoms with van der Waals surface area (Å²) in [5, 5.41) is -0.383. The van der Waals surface area contributed by atoms with E-state index in [9.17, 15) is 4.79 Å². The van der Waals surface area contributed by atoms with Crippen LogP contribution >= 0.6 is 11.6 Å². The predicted octanol–water partition coefficient (Wildman–Crippen LogP) is 2.90.